The second-order valence-corrected chi connectivity index (χ2v) is 14.5. The van der Waals surface area contributed by atoms with E-state index in [4.69, 9.17) is 0 Å². The number of hydrogen-bond donors (Lipinski definition) is 0. The van der Waals surface area contributed by atoms with E-state index >= 15 is 0 Å². The van der Waals surface area contributed by atoms with E-state index in [-0.39, 0.29) is 0 Å². The smallest absolute Gasteiger partial charge is 0.0788 e. The molecule has 256 valence electrons. The van der Waals surface area contributed by atoms with Gasteiger partial charge in [-0.2, -0.15) is 0 Å². The van der Waals surface area contributed by atoms with Crippen LogP contribution >= 0.6 is 0 Å². The van der Waals surface area contributed by atoms with Crippen molar-refractivity contribution in [1.82, 2.24) is 13.7 Å². The van der Waals surface area contributed by atoms with E-state index in [0.29, 0.717) is 0 Å². The molecule has 0 unspecified atom stereocenters. The molecule has 0 saturated carbocycles. The third kappa shape index (κ3) is 4.32. The van der Waals surface area contributed by atoms with Crippen molar-refractivity contribution in [3.63, 3.8) is 0 Å². The van der Waals surface area contributed by atoms with Gasteiger partial charge in [-0.3, -0.25) is 0 Å². The standard InChI is InChI=1S/C52H33N3/c1-2-17-37(18-3-1)53-48-26-11-8-22-45(48)50-40(23-13-27-49(50)53)36-16-12-19-38(33-36)54-46-24-9-6-20-41(46)43-30-31-44-42-21-7-10-25-47(42)55(52(44)51(43)54)39-29-28-34-14-4-5-15-35(34)32-39/h1-33H. The lowest BCUT2D eigenvalue weighted by Gasteiger charge is -2.14. The van der Waals surface area contributed by atoms with Crippen LogP contribution in [0.5, 0.6) is 0 Å². The molecular formula is C52H33N3. The van der Waals surface area contributed by atoms with Crippen LogP contribution in [-0.2, 0) is 0 Å². The number of benzene rings is 9. The van der Waals surface area contributed by atoms with Crippen molar-refractivity contribution < 1.29 is 0 Å². The summed E-state index contributed by atoms with van der Waals surface area (Å²) in [6.45, 7) is 0. The molecule has 3 heteroatoms. The van der Waals surface area contributed by atoms with Gasteiger partial charge in [-0.15, -0.1) is 0 Å². The topological polar surface area (TPSA) is 14.8 Å². The SMILES string of the molecule is c1ccc(-n2c3ccccc3c3c(-c4cccc(-n5c6ccccc6c6ccc7c8ccccc8n(-c8ccc9ccccc9c8)c7c65)c4)cccc32)cc1. The van der Waals surface area contributed by atoms with Crippen LogP contribution in [0.15, 0.2) is 200 Å². The van der Waals surface area contributed by atoms with Crippen molar-refractivity contribution in [2.24, 2.45) is 0 Å². The van der Waals surface area contributed by atoms with Gasteiger partial charge >= 0.3 is 0 Å². The summed E-state index contributed by atoms with van der Waals surface area (Å²) in [5.74, 6) is 0. The first-order chi connectivity index (χ1) is 27.3. The van der Waals surface area contributed by atoms with Gasteiger partial charge in [-0.25, -0.2) is 0 Å². The molecule has 0 aliphatic rings. The highest BCUT2D eigenvalue weighted by Crippen LogP contribution is 2.43. The molecule has 3 nitrogen and oxygen atoms in total. The molecule has 0 amide bonds. The van der Waals surface area contributed by atoms with Gasteiger partial charge in [0.1, 0.15) is 0 Å². The van der Waals surface area contributed by atoms with Crippen molar-refractivity contribution in [3.8, 4) is 28.2 Å². The van der Waals surface area contributed by atoms with E-state index in [1.165, 1.54) is 87.3 Å². The first-order valence-electron chi connectivity index (χ1n) is 18.9. The van der Waals surface area contributed by atoms with E-state index < -0.39 is 0 Å². The molecule has 0 fully saturated rings. The van der Waals surface area contributed by atoms with Crippen LogP contribution in [0.1, 0.15) is 0 Å². The van der Waals surface area contributed by atoms with E-state index in [1.807, 2.05) is 0 Å². The lowest BCUT2D eigenvalue weighted by Crippen LogP contribution is -1.99. The number of nitrogens with zero attached hydrogens (tertiary/aromatic N) is 3. The van der Waals surface area contributed by atoms with Gasteiger partial charge < -0.3 is 13.7 Å². The van der Waals surface area contributed by atoms with Crippen LogP contribution < -0.4 is 0 Å². The molecule has 0 atom stereocenters. The lowest BCUT2D eigenvalue weighted by atomic mass is 9.99. The Hall–Kier alpha value is -7.36. The second kappa shape index (κ2) is 11.6. The molecule has 12 aromatic rings. The number of aromatic nitrogens is 3. The van der Waals surface area contributed by atoms with E-state index in [0.717, 1.165) is 17.1 Å². The Morgan fingerprint density at radius 1 is 0.273 bits per heavy atom. The molecule has 3 aromatic heterocycles. The average molecular weight is 700 g/mol. The van der Waals surface area contributed by atoms with Gasteiger partial charge in [0.25, 0.3) is 0 Å². The summed E-state index contributed by atoms with van der Waals surface area (Å²) in [6, 6.07) is 73.2. The Morgan fingerprint density at radius 2 is 0.800 bits per heavy atom. The molecule has 3 heterocycles. The van der Waals surface area contributed by atoms with Gasteiger partial charge in [-0.05, 0) is 82.6 Å². The highest BCUT2D eigenvalue weighted by Gasteiger charge is 2.22. The van der Waals surface area contributed by atoms with Crippen molar-refractivity contribution in [3.05, 3.63) is 200 Å². The number of para-hydroxylation sites is 4. The quantitative estimate of drug-likeness (QED) is 0.174. The summed E-state index contributed by atoms with van der Waals surface area (Å²) in [5.41, 5.74) is 13.1. The van der Waals surface area contributed by atoms with Crippen LogP contribution in [0, 0.1) is 0 Å². The summed E-state index contributed by atoms with van der Waals surface area (Å²) in [7, 11) is 0. The normalized spacial score (nSPS) is 12.0. The van der Waals surface area contributed by atoms with Crippen molar-refractivity contribution in [2.45, 2.75) is 0 Å². The summed E-state index contributed by atoms with van der Waals surface area (Å²) in [6.07, 6.45) is 0. The number of fused-ring (bicyclic) bond motifs is 11. The number of hydrogen-bond acceptors (Lipinski definition) is 0. The van der Waals surface area contributed by atoms with Crippen LogP contribution in [0.4, 0.5) is 0 Å². The molecule has 0 spiro atoms. The molecule has 0 aliphatic carbocycles. The zero-order valence-corrected chi connectivity index (χ0v) is 29.9. The Bertz CT molecular complexity index is 3490. The van der Waals surface area contributed by atoms with E-state index in [2.05, 4.69) is 214 Å². The van der Waals surface area contributed by atoms with Crippen molar-refractivity contribution in [1.29, 1.82) is 0 Å². The van der Waals surface area contributed by atoms with Crippen LogP contribution in [0.2, 0.25) is 0 Å². The van der Waals surface area contributed by atoms with Gasteiger partial charge in [0, 0.05) is 49.4 Å². The highest BCUT2D eigenvalue weighted by molar-refractivity contribution is 6.24. The van der Waals surface area contributed by atoms with Gasteiger partial charge in [0.15, 0.2) is 0 Å². The predicted octanol–water partition coefficient (Wildman–Crippen LogP) is 13.8. The van der Waals surface area contributed by atoms with Gasteiger partial charge in [0.05, 0.1) is 33.1 Å². The molecule has 0 radical (unpaired) electrons. The minimum atomic E-state index is 1.13. The molecule has 0 aliphatic heterocycles. The fraction of sp³-hybridized carbons (Fsp3) is 0. The molecular weight excluding hydrogens is 667 g/mol. The number of rotatable bonds is 4. The maximum atomic E-state index is 2.50. The monoisotopic (exact) mass is 699 g/mol. The molecule has 0 bridgehead atoms. The van der Waals surface area contributed by atoms with Crippen molar-refractivity contribution in [2.75, 3.05) is 0 Å². The maximum absolute atomic E-state index is 2.50. The Balaban J connectivity index is 1.17. The largest absolute Gasteiger partial charge is 0.309 e. The van der Waals surface area contributed by atoms with Gasteiger partial charge in [0.2, 0.25) is 0 Å². The molecule has 0 saturated heterocycles. The molecule has 9 aromatic carbocycles. The summed E-state index contributed by atoms with van der Waals surface area (Å²) in [5, 5.41) is 9.97. The fourth-order valence-corrected chi connectivity index (χ4v) is 9.28. The third-order valence-corrected chi connectivity index (χ3v) is 11.6. The average Bonchev–Trinajstić information content (AvgIpc) is 3.90. The first-order valence-corrected chi connectivity index (χ1v) is 18.9. The molecule has 55 heavy (non-hydrogen) atoms. The molecule has 0 N–H and O–H groups in total. The Morgan fingerprint density at radius 3 is 1.51 bits per heavy atom. The summed E-state index contributed by atoms with van der Waals surface area (Å²) in [4.78, 5) is 0. The predicted molar refractivity (Wildman–Crippen MR) is 232 cm³/mol. The first kappa shape index (κ1) is 30.1. The van der Waals surface area contributed by atoms with Crippen LogP contribution in [0.25, 0.3) is 104 Å². The maximum Gasteiger partial charge on any atom is 0.0788 e. The minimum Gasteiger partial charge on any atom is -0.309 e. The Labute approximate surface area is 317 Å². The zero-order valence-electron chi connectivity index (χ0n) is 29.9. The van der Waals surface area contributed by atoms with E-state index in [9.17, 15) is 0 Å². The van der Waals surface area contributed by atoms with Crippen LogP contribution in [0.3, 0.4) is 0 Å². The Kier molecular flexibility index (Phi) is 6.34. The highest BCUT2D eigenvalue weighted by atomic mass is 15.0. The second-order valence-electron chi connectivity index (χ2n) is 14.5. The van der Waals surface area contributed by atoms with Crippen LogP contribution in [-0.4, -0.2) is 13.7 Å². The van der Waals surface area contributed by atoms with Crippen molar-refractivity contribution >= 4 is 76.2 Å². The molecule has 12 rings (SSSR count). The zero-order chi connectivity index (χ0) is 36.0. The van der Waals surface area contributed by atoms with E-state index in [1.54, 1.807) is 0 Å². The summed E-state index contributed by atoms with van der Waals surface area (Å²) < 4.78 is 7.38. The third-order valence-electron chi connectivity index (χ3n) is 11.6. The fourth-order valence-electron chi connectivity index (χ4n) is 9.28. The lowest BCUT2D eigenvalue weighted by molar-refractivity contribution is 1.15. The summed E-state index contributed by atoms with van der Waals surface area (Å²) >= 11 is 0. The minimum absolute atomic E-state index is 1.13. The van der Waals surface area contributed by atoms with Gasteiger partial charge in [-0.1, -0.05) is 140 Å².